The number of H-pyrrole nitrogens is 2. The lowest BCUT2D eigenvalue weighted by molar-refractivity contribution is 1.10. The molecule has 0 saturated carbocycles. The zero-order valence-electron chi connectivity index (χ0n) is 16.2. The van der Waals surface area contributed by atoms with E-state index in [2.05, 4.69) is 41.2 Å². The van der Waals surface area contributed by atoms with Gasteiger partial charge in [0, 0.05) is 64.6 Å². The van der Waals surface area contributed by atoms with E-state index < -0.39 is 0 Å². The highest BCUT2D eigenvalue weighted by Gasteiger charge is 2.15. The summed E-state index contributed by atoms with van der Waals surface area (Å²) in [6.45, 7) is 0. The molecule has 0 saturated heterocycles. The van der Waals surface area contributed by atoms with E-state index in [4.69, 9.17) is 5.73 Å². The van der Waals surface area contributed by atoms with Crippen LogP contribution in [0, 0.1) is 0 Å². The van der Waals surface area contributed by atoms with Gasteiger partial charge < -0.3 is 10.7 Å². The standard InChI is InChI=1S/C23H16N8/c24-16-5-14(8-26-10-16)15-6-18-22(30-31-23(18)28-9-15)20-7-17-19(11-27-12-21(17)29-20)13-1-3-25-4-2-13/h1-12,29H,24H2,(H,28,30,31). The number of fused-ring (bicyclic) bond motifs is 2. The second-order valence-corrected chi connectivity index (χ2v) is 7.27. The number of nitrogens with zero attached hydrogens (tertiary/aromatic N) is 5. The molecule has 6 aromatic heterocycles. The van der Waals surface area contributed by atoms with Crippen LogP contribution in [0.4, 0.5) is 5.69 Å². The minimum absolute atomic E-state index is 0.608. The van der Waals surface area contributed by atoms with Crippen LogP contribution in [-0.4, -0.2) is 35.1 Å². The second kappa shape index (κ2) is 6.74. The van der Waals surface area contributed by atoms with Gasteiger partial charge in [0.1, 0.15) is 0 Å². The summed E-state index contributed by atoms with van der Waals surface area (Å²) in [5, 5.41) is 9.48. The molecule has 8 nitrogen and oxygen atoms in total. The first kappa shape index (κ1) is 17.3. The van der Waals surface area contributed by atoms with E-state index in [1.165, 1.54) is 0 Å². The third-order valence-corrected chi connectivity index (χ3v) is 5.31. The number of hydrogen-bond donors (Lipinski definition) is 3. The Kier molecular flexibility index (Phi) is 3.76. The molecule has 0 amide bonds. The molecule has 31 heavy (non-hydrogen) atoms. The Morgan fingerprint density at radius 3 is 2.45 bits per heavy atom. The van der Waals surface area contributed by atoms with Crippen LogP contribution in [0.25, 0.3) is 55.6 Å². The molecule has 0 radical (unpaired) electrons. The van der Waals surface area contributed by atoms with Crippen molar-refractivity contribution in [2.75, 3.05) is 5.73 Å². The predicted molar refractivity (Wildman–Crippen MR) is 120 cm³/mol. The molecule has 6 rings (SSSR count). The van der Waals surface area contributed by atoms with Crippen molar-refractivity contribution in [2.45, 2.75) is 0 Å². The average Bonchev–Trinajstić information content (AvgIpc) is 3.43. The van der Waals surface area contributed by atoms with Crippen molar-refractivity contribution in [3.63, 3.8) is 0 Å². The number of nitrogens with one attached hydrogen (secondary N) is 2. The Morgan fingerprint density at radius 2 is 1.58 bits per heavy atom. The molecule has 0 fully saturated rings. The molecule has 0 atom stereocenters. The van der Waals surface area contributed by atoms with Crippen LogP contribution in [-0.2, 0) is 0 Å². The molecule has 0 spiro atoms. The molecule has 148 valence electrons. The fourth-order valence-corrected chi connectivity index (χ4v) is 3.83. The maximum absolute atomic E-state index is 5.90. The van der Waals surface area contributed by atoms with Gasteiger partial charge in [-0.15, -0.1) is 0 Å². The first-order chi connectivity index (χ1) is 15.3. The van der Waals surface area contributed by atoms with E-state index in [0.29, 0.717) is 11.3 Å². The number of anilines is 1. The predicted octanol–water partition coefficient (Wildman–Crippen LogP) is 4.21. The number of aromatic nitrogens is 7. The highest BCUT2D eigenvalue weighted by Crippen LogP contribution is 2.34. The summed E-state index contributed by atoms with van der Waals surface area (Å²) in [4.78, 5) is 20.7. The normalized spacial score (nSPS) is 11.4. The van der Waals surface area contributed by atoms with E-state index in [1.54, 1.807) is 31.0 Å². The number of pyridine rings is 4. The molecular weight excluding hydrogens is 388 g/mol. The van der Waals surface area contributed by atoms with E-state index in [-0.39, 0.29) is 0 Å². The van der Waals surface area contributed by atoms with Gasteiger partial charge in [-0.05, 0) is 35.9 Å². The first-order valence-corrected chi connectivity index (χ1v) is 9.69. The van der Waals surface area contributed by atoms with E-state index in [0.717, 1.165) is 49.9 Å². The second-order valence-electron chi connectivity index (χ2n) is 7.27. The van der Waals surface area contributed by atoms with Crippen molar-refractivity contribution in [1.29, 1.82) is 0 Å². The maximum atomic E-state index is 5.90. The van der Waals surface area contributed by atoms with Gasteiger partial charge in [-0.3, -0.25) is 20.1 Å². The van der Waals surface area contributed by atoms with Crippen molar-refractivity contribution >= 4 is 27.6 Å². The molecule has 0 aliphatic heterocycles. The number of rotatable bonds is 3. The number of nitrogen functional groups attached to an aromatic ring is 1. The Balaban J connectivity index is 1.51. The van der Waals surface area contributed by atoms with Gasteiger partial charge in [-0.1, -0.05) is 0 Å². The molecule has 0 aliphatic carbocycles. The molecule has 0 aliphatic rings. The highest BCUT2D eigenvalue weighted by atomic mass is 15.2. The van der Waals surface area contributed by atoms with Gasteiger partial charge in [-0.25, -0.2) is 4.98 Å². The van der Waals surface area contributed by atoms with E-state index in [1.807, 2.05) is 36.7 Å². The van der Waals surface area contributed by atoms with E-state index >= 15 is 0 Å². The molecule has 4 N–H and O–H groups in total. The number of aromatic amines is 2. The molecule has 0 bridgehead atoms. The van der Waals surface area contributed by atoms with Crippen LogP contribution in [0.15, 0.2) is 73.7 Å². The summed E-state index contributed by atoms with van der Waals surface area (Å²) in [6.07, 6.45) is 12.4. The molecule has 6 aromatic rings. The van der Waals surface area contributed by atoms with Crippen LogP contribution >= 0.6 is 0 Å². The maximum Gasteiger partial charge on any atom is 0.181 e. The lowest BCUT2D eigenvalue weighted by Crippen LogP contribution is -1.88. The topological polar surface area (TPSA) is 122 Å². The first-order valence-electron chi connectivity index (χ1n) is 9.69. The summed E-state index contributed by atoms with van der Waals surface area (Å²) in [7, 11) is 0. The van der Waals surface area contributed by atoms with Gasteiger partial charge in [0.2, 0.25) is 0 Å². The summed E-state index contributed by atoms with van der Waals surface area (Å²) < 4.78 is 0. The smallest absolute Gasteiger partial charge is 0.181 e. The minimum atomic E-state index is 0.608. The van der Waals surface area contributed by atoms with Crippen LogP contribution in [0.5, 0.6) is 0 Å². The third kappa shape index (κ3) is 2.89. The summed E-state index contributed by atoms with van der Waals surface area (Å²) >= 11 is 0. The number of nitrogens with two attached hydrogens (primary N) is 1. The Hall–Kier alpha value is -4.59. The van der Waals surface area contributed by atoms with E-state index in [9.17, 15) is 0 Å². The van der Waals surface area contributed by atoms with Gasteiger partial charge in [-0.2, -0.15) is 5.10 Å². The fourth-order valence-electron chi connectivity index (χ4n) is 3.83. The van der Waals surface area contributed by atoms with Crippen LogP contribution in [0.1, 0.15) is 0 Å². The highest BCUT2D eigenvalue weighted by molar-refractivity contribution is 6.00. The SMILES string of the molecule is Nc1cncc(-c2cnc3n[nH]c(-c4cc5c(-c6ccncc6)cncc5[nH]4)c3c2)c1. The van der Waals surface area contributed by atoms with Crippen LogP contribution < -0.4 is 5.73 Å². The Morgan fingerprint density at radius 1 is 0.742 bits per heavy atom. The lowest BCUT2D eigenvalue weighted by Gasteiger charge is -2.02. The third-order valence-electron chi connectivity index (χ3n) is 5.31. The molecular formula is C23H16N8. The van der Waals surface area contributed by atoms with Gasteiger partial charge >= 0.3 is 0 Å². The van der Waals surface area contributed by atoms with Gasteiger partial charge in [0.15, 0.2) is 5.65 Å². The van der Waals surface area contributed by atoms with Crippen molar-refractivity contribution < 1.29 is 0 Å². The van der Waals surface area contributed by atoms with Crippen LogP contribution in [0.3, 0.4) is 0 Å². The largest absolute Gasteiger partial charge is 0.397 e. The molecule has 6 heterocycles. The fraction of sp³-hybridized carbons (Fsp3) is 0. The van der Waals surface area contributed by atoms with Crippen molar-refractivity contribution in [1.82, 2.24) is 35.1 Å². The monoisotopic (exact) mass is 404 g/mol. The van der Waals surface area contributed by atoms with Crippen molar-refractivity contribution in [3.8, 4) is 33.6 Å². The van der Waals surface area contributed by atoms with Crippen molar-refractivity contribution in [3.05, 3.63) is 73.7 Å². The quantitative estimate of drug-likeness (QED) is 0.406. The summed E-state index contributed by atoms with van der Waals surface area (Å²) in [5.41, 5.74) is 13.8. The Labute approximate surface area is 176 Å². The van der Waals surface area contributed by atoms with Gasteiger partial charge in [0.05, 0.1) is 28.8 Å². The molecule has 8 heteroatoms. The average molecular weight is 404 g/mol. The minimum Gasteiger partial charge on any atom is -0.397 e. The molecule has 0 aromatic carbocycles. The molecule has 0 unspecified atom stereocenters. The van der Waals surface area contributed by atoms with Crippen molar-refractivity contribution in [2.24, 2.45) is 0 Å². The zero-order valence-corrected chi connectivity index (χ0v) is 16.2. The Bertz CT molecular complexity index is 1550. The van der Waals surface area contributed by atoms with Gasteiger partial charge in [0.25, 0.3) is 0 Å². The summed E-state index contributed by atoms with van der Waals surface area (Å²) in [6, 6.07) is 9.99. The van der Waals surface area contributed by atoms with Crippen LogP contribution in [0.2, 0.25) is 0 Å². The number of hydrogen-bond acceptors (Lipinski definition) is 6. The zero-order chi connectivity index (χ0) is 20.8. The summed E-state index contributed by atoms with van der Waals surface area (Å²) in [5.74, 6) is 0. The lowest BCUT2D eigenvalue weighted by atomic mass is 10.0.